The van der Waals surface area contributed by atoms with Crippen molar-refractivity contribution in [1.29, 1.82) is 0 Å². The second-order valence-corrected chi connectivity index (χ2v) is 9.87. The maximum Gasteiger partial charge on any atom is 0.333 e. The standard InChI is InChI=1S/C20H22N4O5S2/c21-31(26,27)28-8-17-15(25)7-16(29-17)13-9-30-19-18(13)22-10-23-20(19)24-14-6-5-11-3-1-2-4-12(11)14/h1-4,9-10,14-17,25H,5-8H2,(H2,21,26,27)(H,22,23,24). The van der Waals surface area contributed by atoms with Crippen molar-refractivity contribution in [2.75, 3.05) is 11.9 Å². The molecule has 0 spiro atoms. The number of anilines is 1. The molecule has 164 valence electrons. The Morgan fingerprint density at radius 2 is 2.13 bits per heavy atom. The van der Waals surface area contributed by atoms with Gasteiger partial charge >= 0.3 is 10.3 Å². The summed E-state index contributed by atoms with van der Waals surface area (Å²) in [5, 5.41) is 20.7. The van der Waals surface area contributed by atoms with Crippen LogP contribution in [-0.2, 0) is 25.6 Å². The summed E-state index contributed by atoms with van der Waals surface area (Å²) in [4.78, 5) is 8.92. The largest absolute Gasteiger partial charge is 0.390 e. The molecule has 9 nitrogen and oxygen atoms in total. The average Bonchev–Trinajstić information content (AvgIpc) is 3.43. The number of ether oxygens (including phenoxy) is 1. The number of aryl methyl sites for hydroxylation is 1. The Morgan fingerprint density at radius 3 is 2.97 bits per heavy atom. The molecule has 11 heteroatoms. The number of aromatic nitrogens is 2. The Bertz CT molecular complexity index is 1220. The van der Waals surface area contributed by atoms with E-state index in [-0.39, 0.29) is 12.6 Å². The second-order valence-electron chi connectivity index (χ2n) is 7.77. The van der Waals surface area contributed by atoms with Gasteiger partial charge < -0.3 is 15.2 Å². The fraction of sp³-hybridized carbons (Fsp3) is 0.400. The zero-order valence-electron chi connectivity index (χ0n) is 16.5. The van der Waals surface area contributed by atoms with E-state index < -0.39 is 28.6 Å². The first kappa shape index (κ1) is 20.7. The summed E-state index contributed by atoms with van der Waals surface area (Å²) in [6, 6.07) is 8.62. The number of nitrogens with two attached hydrogens (primary N) is 1. The number of hydrogen-bond donors (Lipinski definition) is 3. The second kappa shape index (κ2) is 8.08. The summed E-state index contributed by atoms with van der Waals surface area (Å²) in [6.45, 7) is -0.332. The lowest BCUT2D eigenvalue weighted by atomic mass is 10.1. The summed E-state index contributed by atoms with van der Waals surface area (Å²) >= 11 is 1.52. The predicted molar refractivity (Wildman–Crippen MR) is 116 cm³/mol. The van der Waals surface area contributed by atoms with E-state index in [1.54, 1.807) is 0 Å². The average molecular weight is 463 g/mol. The van der Waals surface area contributed by atoms with Crippen LogP contribution in [0.25, 0.3) is 10.2 Å². The lowest BCUT2D eigenvalue weighted by molar-refractivity contribution is -0.0148. The van der Waals surface area contributed by atoms with Crippen molar-refractivity contribution in [3.8, 4) is 0 Å². The van der Waals surface area contributed by atoms with Gasteiger partial charge in [0.1, 0.15) is 18.2 Å². The molecule has 4 N–H and O–H groups in total. The van der Waals surface area contributed by atoms with Crippen molar-refractivity contribution in [3.63, 3.8) is 0 Å². The van der Waals surface area contributed by atoms with Gasteiger partial charge in [-0.25, -0.2) is 15.1 Å². The molecule has 3 heterocycles. The number of nitrogens with one attached hydrogen (secondary N) is 1. The van der Waals surface area contributed by atoms with Crippen molar-refractivity contribution < 1.29 is 22.4 Å². The van der Waals surface area contributed by atoms with Gasteiger partial charge in [-0.3, -0.25) is 4.18 Å². The summed E-state index contributed by atoms with van der Waals surface area (Å²) in [7, 11) is -4.10. The smallest absolute Gasteiger partial charge is 0.333 e. The van der Waals surface area contributed by atoms with Crippen LogP contribution in [0.1, 0.15) is 41.7 Å². The number of nitrogens with zero attached hydrogens (tertiary/aromatic N) is 2. The maximum absolute atomic E-state index is 11.0. The Kier molecular flexibility index (Phi) is 5.40. The van der Waals surface area contributed by atoms with Gasteiger partial charge in [0, 0.05) is 12.0 Å². The molecule has 1 aliphatic carbocycles. The minimum atomic E-state index is -4.10. The summed E-state index contributed by atoms with van der Waals surface area (Å²) in [5.74, 6) is 0.774. The molecule has 1 aromatic carbocycles. The molecule has 31 heavy (non-hydrogen) atoms. The first-order valence-electron chi connectivity index (χ1n) is 9.96. The fourth-order valence-electron chi connectivity index (χ4n) is 4.31. The third kappa shape index (κ3) is 4.16. The van der Waals surface area contributed by atoms with Crippen molar-refractivity contribution in [1.82, 2.24) is 9.97 Å². The predicted octanol–water partition coefficient (Wildman–Crippen LogP) is 2.20. The monoisotopic (exact) mass is 462 g/mol. The first-order valence-corrected chi connectivity index (χ1v) is 12.3. The van der Waals surface area contributed by atoms with Crippen molar-refractivity contribution >= 4 is 37.7 Å². The van der Waals surface area contributed by atoms with E-state index in [9.17, 15) is 13.5 Å². The molecule has 2 aliphatic rings. The van der Waals surface area contributed by atoms with E-state index >= 15 is 0 Å². The van der Waals surface area contributed by atoms with Gasteiger partial charge in [0.05, 0.1) is 35.1 Å². The summed E-state index contributed by atoms with van der Waals surface area (Å²) in [6.07, 6.45) is 1.80. The van der Waals surface area contributed by atoms with Gasteiger partial charge in [-0.15, -0.1) is 11.3 Å². The summed E-state index contributed by atoms with van der Waals surface area (Å²) in [5.41, 5.74) is 4.26. The summed E-state index contributed by atoms with van der Waals surface area (Å²) < 4.78 is 33.4. The zero-order chi connectivity index (χ0) is 21.6. The molecular formula is C20H22N4O5S2. The molecule has 0 saturated carbocycles. The quantitative estimate of drug-likeness (QED) is 0.507. The Balaban J connectivity index is 1.37. The number of fused-ring (bicyclic) bond motifs is 2. The Labute approximate surface area is 183 Å². The number of rotatable bonds is 6. The first-order chi connectivity index (χ1) is 14.9. The molecule has 1 aliphatic heterocycles. The number of thiophene rings is 1. The van der Waals surface area contributed by atoms with Gasteiger partial charge in [-0.05, 0) is 29.3 Å². The van der Waals surface area contributed by atoms with Crippen LogP contribution in [0.3, 0.4) is 0 Å². The van der Waals surface area contributed by atoms with Crippen LogP contribution in [0.5, 0.6) is 0 Å². The molecule has 0 radical (unpaired) electrons. The van der Waals surface area contributed by atoms with Crippen LogP contribution in [0.4, 0.5) is 5.82 Å². The van der Waals surface area contributed by atoms with Crippen LogP contribution >= 0.6 is 11.3 Å². The molecule has 2 aromatic heterocycles. The normalized spacial score (nSPS) is 25.7. The molecule has 4 atom stereocenters. The van der Waals surface area contributed by atoms with Crippen molar-refractivity contribution in [2.45, 2.75) is 43.6 Å². The lowest BCUT2D eigenvalue weighted by Crippen LogP contribution is -2.29. The maximum atomic E-state index is 11.0. The minimum absolute atomic E-state index is 0.198. The third-order valence-electron chi connectivity index (χ3n) is 5.79. The van der Waals surface area contributed by atoms with Crippen LogP contribution in [0.2, 0.25) is 0 Å². The number of hydrogen-bond acceptors (Lipinski definition) is 9. The highest BCUT2D eigenvalue weighted by molar-refractivity contribution is 7.84. The Morgan fingerprint density at radius 1 is 1.29 bits per heavy atom. The highest BCUT2D eigenvalue weighted by Crippen LogP contribution is 2.41. The van der Waals surface area contributed by atoms with E-state index in [1.165, 1.54) is 28.8 Å². The van der Waals surface area contributed by atoms with E-state index in [0.717, 1.165) is 34.4 Å². The number of benzene rings is 1. The van der Waals surface area contributed by atoms with Gasteiger partial charge in [0.2, 0.25) is 0 Å². The number of aliphatic hydroxyl groups is 1. The minimum Gasteiger partial charge on any atom is -0.390 e. The van der Waals surface area contributed by atoms with Crippen LogP contribution in [-0.4, -0.2) is 42.3 Å². The molecule has 5 rings (SSSR count). The highest BCUT2D eigenvalue weighted by Gasteiger charge is 2.37. The van der Waals surface area contributed by atoms with E-state index in [0.29, 0.717) is 6.42 Å². The highest BCUT2D eigenvalue weighted by atomic mass is 32.2. The molecule has 1 saturated heterocycles. The van der Waals surface area contributed by atoms with Gasteiger partial charge in [-0.1, -0.05) is 24.3 Å². The van der Waals surface area contributed by atoms with Crippen molar-refractivity contribution in [3.05, 3.63) is 52.7 Å². The molecule has 0 amide bonds. The van der Waals surface area contributed by atoms with Gasteiger partial charge in [0.25, 0.3) is 0 Å². The van der Waals surface area contributed by atoms with Crippen molar-refractivity contribution in [2.24, 2.45) is 5.14 Å². The van der Waals surface area contributed by atoms with E-state index in [2.05, 4.69) is 43.7 Å². The molecule has 0 bridgehead atoms. The number of aliphatic hydroxyl groups excluding tert-OH is 1. The van der Waals surface area contributed by atoms with Crippen LogP contribution in [0, 0.1) is 0 Å². The van der Waals surface area contributed by atoms with Gasteiger partial charge in [-0.2, -0.15) is 8.42 Å². The zero-order valence-corrected chi connectivity index (χ0v) is 18.1. The molecule has 4 unspecified atom stereocenters. The van der Waals surface area contributed by atoms with E-state index in [1.807, 2.05) is 5.38 Å². The lowest BCUT2D eigenvalue weighted by Gasteiger charge is -2.15. The van der Waals surface area contributed by atoms with Gasteiger partial charge in [0.15, 0.2) is 0 Å². The molecular weight excluding hydrogens is 440 g/mol. The SMILES string of the molecule is NS(=O)(=O)OCC1OC(c2csc3c(NC4CCc5ccccc54)ncnc23)CC1O. The molecule has 1 fully saturated rings. The topological polar surface area (TPSA) is 137 Å². The van der Waals surface area contributed by atoms with E-state index in [4.69, 9.17) is 9.88 Å². The molecule has 3 aromatic rings. The Hall–Kier alpha value is -2.15. The van der Waals surface area contributed by atoms with Crippen LogP contribution in [0.15, 0.2) is 36.0 Å². The van der Waals surface area contributed by atoms with Crippen LogP contribution < -0.4 is 10.5 Å². The fourth-order valence-corrected chi connectivity index (χ4v) is 5.65. The third-order valence-corrected chi connectivity index (χ3v) is 7.25.